The van der Waals surface area contributed by atoms with Crippen LogP contribution in [0.2, 0.25) is 5.02 Å². The number of nitrogens with two attached hydrogens (primary N) is 1. The van der Waals surface area contributed by atoms with Crippen LogP contribution < -0.4 is 11.1 Å². The number of benzene rings is 1. The second-order valence-corrected chi connectivity index (χ2v) is 5.85. The highest BCUT2D eigenvalue weighted by molar-refractivity contribution is 7.09. The van der Waals surface area contributed by atoms with E-state index in [1.807, 2.05) is 31.2 Å². The fraction of sp³-hybridized carbons (Fsp3) is 0.286. The lowest BCUT2D eigenvalue weighted by Gasteiger charge is -2.14. The summed E-state index contributed by atoms with van der Waals surface area (Å²) < 4.78 is 0. The average molecular weight is 310 g/mol. The minimum absolute atomic E-state index is 0.0228. The molecule has 2 rings (SSSR count). The van der Waals surface area contributed by atoms with E-state index >= 15 is 0 Å². The van der Waals surface area contributed by atoms with Crippen LogP contribution in [0.5, 0.6) is 0 Å². The quantitative estimate of drug-likeness (QED) is 0.892. The monoisotopic (exact) mass is 309 g/mol. The molecule has 3 N–H and O–H groups in total. The molecule has 0 aliphatic carbocycles. The molecular formula is C14H16ClN3OS. The molecule has 106 valence electrons. The van der Waals surface area contributed by atoms with E-state index in [1.165, 1.54) is 11.3 Å². The van der Waals surface area contributed by atoms with Gasteiger partial charge < -0.3 is 11.1 Å². The Hall–Kier alpha value is -1.43. The summed E-state index contributed by atoms with van der Waals surface area (Å²) in [5, 5.41) is 6.11. The normalized spacial score (nSPS) is 12.2. The third-order valence-electron chi connectivity index (χ3n) is 2.82. The first kappa shape index (κ1) is 15.0. The second-order valence-electron chi connectivity index (χ2n) is 4.50. The Labute approximate surface area is 127 Å². The molecule has 1 aromatic carbocycles. The molecule has 6 heteroatoms. The summed E-state index contributed by atoms with van der Waals surface area (Å²) in [6.07, 6.45) is 0.680. The maximum Gasteiger partial charge on any atom is 0.270 e. The van der Waals surface area contributed by atoms with E-state index in [0.717, 1.165) is 10.6 Å². The van der Waals surface area contributed by atoms with Gasteiger partial charge in [-0.3, -0.25) is 4.79 Å². The van der Waals surface area contributed by atoms with Crippen LogP contribution in [0.3, 0.4) is 0 Å². The topological polar surface area (TPSA) is 68.0 Å². The molecule has 0 aliphatic heterocycles. The fourth-order valence-electron chi connectivity index (χ4n) is 1.85. The number of amides is 1. The van der Waals surface area contributed by atoms with Crippen LogP contribution in [0, 0.1) is 0 Å². The summed E-state index contributed by atoms with van der Waals surface area (Å²) in [7, 11) is 0. The molecule has 0 spiro atoms. The van der Waals surface area contributed by atoms with Gasteiger partial charge in [-0.1, -0.05) is 29.8 Å². The zero-order valence-electron chi connectivity index (χ0n) is 11.1. The number of rotatable bonds is 5. The summed E-state index contributed by atoms with van der Waals surface area (Å²) in [6.45, 7) is 2.30. The highest BCUT2D eigenvalue weighted by Crippen LogP contribution is 2.17. The van der Waals surface area contributed by atoms with Crippen molar-refractivity contribution in [3.8, 4) is 0 Å². The zero-order chi connectivity index (χ0) is 14.5. The maximum absolute atomic E-state index is 12.0. The number of nitrogens with zero attached hydrogens (tertiary/aromatic N) is 1. The first-order valence-corrected chi connectivity index (χ1v) is 7.54. The Kier molecular flexibility index (Phi) is 5.11. The van der Waals surface area contributed by atoms with Crippen LogP contribution in [0.15, 0.2) is 29.6 Å². The molecule has 4 nitrogen and oxygen atoms in total. The van der Waals surface area contributed by atoms with Crippen molar-refractivity contribution in [1.82, 2.24) is 10.3 Å². The van der Waals surface area contributed by atoms with Gasteiger partial charge in [0.15, 0.2) is 0 Å². The average Bonchev–Trinajstić information content (AvgIpc) is 2.90. The zero-order valence-corrected chi connectivity index (χ0v) is 12.7. The molecule has 0 bridgehead atoms. The number of nitrogens with one attached hydrogen (secondary N) is 1. The van der Waals surface area contributed by atoms with Gasteiger partial charge in [-0.05, 0) is 25.0 Å². The molecule has 0 radical (unpaired) electrons. The molecule has 0 aliphatic rings. The molecule has 1 amide bonds. The first-order valence-electron chi connectivity index (χ1n) is 6.29. The number of carbonyl (C=O) groups is 1. The van der Waals surface area contributed by atoms with Gasteiger partial charge in [-0.15, -0.1) is 11.3 Å². The molecule has 20 heavy (non-hydrogen) atoms. The molecule has 1 atom stereocenters. The number of halogens is 1. The molecule has 0 fully saturated rings. The van der Waals surface area contributed by atoms with Crippen LogP contribution in [0.25, 0.3) is 0 Å². The molecule has 1 aromatic heterocycles. The standard InChI is InChI=1S/C14H16ClN3OS/c1-9(6-10-4-2-3-5-11(10)15)17-14(19)12-8-20-13(7-16)18-12/h2-5,8-9H,6-7,16H2,1H3,(H,17,19). The number of aromatic nitrogens is 1. The van der Waals surface area contributed by atoms with E-state index in [0.29, 0.717) is 23.7 Å². The van der Waals surface area contributed by atoms with Crippen LogP contribution in [-0.2, 0) is 13.0 Å². The summed E-state index contributed by atoms with van der Waals surface area (Å²) >= 11 is 7.50. The lowest BCUT2D eigenvalue weighted by molar-refractivity contribution is 0.0935. The van der Waals surface area contributed by atoms with Gasteiger partial charge in [0.25, 0.3) is 5.91 Å². The van der Waals surface area contributed by atoms with E-state index in [2.05, 4.69) is 10.3 Å². The Morgan fingerprint density at radius 3 is 2.90 bits per heavy atom. The summed E-state index contributed by atoms with van der Waals surface area (Å²) in [5.74, 6) is -0.180. The third-order valence-corrected chi connectivity index (χ3v) is 4.06. The van der Waals surface area contributed by atoms with Crippen molar-refractivity contribution in [2.75, 3.05) is 0 Å². The van der Waals surface area contributed by atoms with E-state index in [-0.39, 0.29) is 11.9 Å². The van der Waals surface area contributed by atoms with Gasteiger partial charge in [0.05, 0.1) is 0 Å². The Morgan fingerprint density at radius 2 is 2.25 bits per heavy atom. The van der Waals surface area contributed by atoms with Crippen LogP contribution >= 0.6 is 22.9 Å². The van der Waals surface area contributed by atoms with Crippen molar-refractivity contribution in [2.45, 2.75) is 25.9 Å². The minimum atomic E-state index is -0.180. The fourth-order valence-corrected chi connectivity index (χ4v) is 2.72. The lowest BCUT2D eigenvalue weighted by atomic mass is 10.1. The summed E-state index contributed by atoms with van der Waals surface area (Å²) in [4.78, 5) is 16.2. The predicted octanol–water partition coefficient (Wildman–Crippen LogP) is 2.62. The SMILES string of the molecule is CC(Cc1ccccc1Cl)NC(=O)c1csc(CN)n1. The van der Waals surface area contributed by atoms with Gasteiger partial charge in [-0.25, -0.2) is 4.98 Å². The van der Waals surface area contributed by atoms with Crippen molar-refractivity contribution in [3.05, 3.63) is 50.9 Å². The van der Waals surface area contributed by atoms with E-state index in [9.17, 15) is 4.79 Å². The smallest absolute Gasteiger partial charge is 0.270 e. The van der Waals surface area contributed by atoms with Gasteiger partial charge >= 0.3 is 0 Å². The van der Waals surface area contributed by atoms with Crippen molar-refractivity contribution in [2.24, 2.45) is 5.73 Å². The van der Waals surface area contributed by atoms with Crippen molar-refractivity contribution in [3.63, 3.8) is 0 Å². The van der Waals surface area contributed by atoms with Crippen LogP contribution in [0.4, 0.5) is 0 Å². The molecule has 2 aromatic rings. The highest BCUT2D eigenvalue weighted by Gasteiger charge is 2.14. The Bertz CT molecular complexity index is 600. The minimum Gasteiger partial charge on any atom is -0.348 e. The van der Waals surface area contributed by atoms with Gasteiger partial charge in [0, 0.05) is 23.0 Å². The van der Waals surface area contributed by atoms with Crippen molar-refractivity contribution < 1.29 is 4.79 Å². The van der Waals surface area contributed by atoms with Crippen molar-refractivity contribution in [1.29, 1.82) is 0 Å². The van der Waals surface area contributed by atoms with Gasteiger partial charge in [0.2, 0.25) is 0 Å². The molecule has 0 saturated carbocycles. The molecule has 1 unspecified atom stereocenters. The molecule has 0 saturated heterocycles. The number of carbonyl (C=O) groups excluding carboxylic acids is 1. The van der Waals surface area contributed by atoms with Crippen LogP contribution in [-0.4, -0.2) is 16.9 Å². The number of thiazole rings is 1. The molecule has 1 heterocycles. The first-order chi connectivity index (χ1) is 9.60. The highest BCUT2D eigenvalue weighted by atomic mass is 35.5. The van der Waals surface area contributed by atoms with Crippen LogP contribution in [0.1, 0.15) is 28.0 Å². The van der Waals surface area contributed by atoms with Crippen molar-refractivity contribution >= 4 is 28.8 Å². The van der Waals surface area contributed by atoms with Gasteiger partial charge in [-0.2, -0.15) is 0 Å². The Balaban J connectivity index is 1.96. The second kappa shape index (κ2) is 6.83. The lowest BCUT2D eigenvalue weighted by Crippen LogP contribution is -2.34. The largest absolute Gasteiger partial charge is 0.348 e. The third kappa shape index (κ3) is 3.79. The number of hydrogen-bond donors (Lipinski definition) is 2. The number of hydrogen-bond acceptors (Lipinski definition) is 4. The van der Waals surface area contributed by atoms with E-state index < -0.39 is 0 Å². The molecular weight excluding hydrogens is 294 g/mol. The Morgan fingerprint density at radius 1 is 1.50 bits per heavy atom. The summed E-state index contributed by atoms with van der Waals surface area (Å²) in [6, 6.07) is 7.60. The predicted molar refractivity (Wildman–Crippen MR) is 82.1 cm³/mol. The van der Waals surface area contributed by atoms with Gasteiger partial charge in [0.1, 0.15) is 10.7 Å². The van der Waals surface area contributed by atoms with E-state index in [4.69, 9.17) is 17.3 Å². The van der Waals surface area contributed by atoms with E-state index in [1.54, 1.807) is 5.38 Å². The maximum atomic E-state index is 12.0. The summed E-state index contributed by atoms with van der Waals surface area (Å²) in [5.41, 5.74) is 6.92.